The van der Waals surface area contributed by atoms with E-state index in [1.807, 2.05) is 0 Å². The molecule has 0 aromatic heterocycles. The van der Waals surface area contributed by atoms with E-state index in [-0.39, 0.29) is 21.6 Å². The van der Waals surface area contributed by atoms with E-state index in [2.05, 4.69) is 0 Å². The highest BCUT2D eigenvalue weighted by molar-refractivity contribution is 8.18. The van der Waals surface area contributed by atoms with Crippen LogP contribution in [0.2, 0.25) is 0 Å². The maximum absolute atomic E-state index is 12.0. The standard InChI is InChI=1S/C17H11N3O7S/c1-18-16(21)15(28-17(18)22)8-10-3-2-4-12(7-10)27-14-6-5-11(19(23)24)9-13(14)20(25)26/h2-9H,1H3/b15-8+. The van der Waals surface area contributed by atoms with Gasteiger partial charge in [0.05, 0.1) is 20.8 Å². The summed E-state index contributed by atoms with van der Waals surface area (Å²) in [5, 5.41) is 21.6. The van der Waals surface area contributed by atoms with Crippen LogP contribution in [0.15, 0.2) is 47.4 Å². The first-order valence-corrected chi connectivity index (χ1v) is 8.50. The van der Waals surface area contributed by atoms with E-state index < -0.39 is 27.1 Å². The van der Waals surface area contributed by atoms with E-state index in [9.17, 15) is 29.8 Å². The normalized spacial score (nSPS) is 15.2. The molecule has 0 saturated carbocycles. The second-order valence-corrected chi connectivity index (χ2v) is 6.57. The molecule has 2 aromatic rings. The number of hydrogen-bond acceptors (Lipinski definition) is 8. The number of likely N-dealkylation sites (N-methyl/N-ethyl adjacent to an activating group) is 1. The molecule has 0 radical (unpaired) electrons. The lowest BCUT2D eigenvalue weighted by atomic mass is 10.2. The third kappa shape index (κ3) is 3.83. The largest absolute Gasteiger partial charge is 0.450 e. The molecule has 11 heteroatoms. The fourth-order valence-electron chi connectivity index (χ4n) is 2.34. The maximum atomic E-state index is 12.0. The Labute approximate surface area is 161 Å². The number of imide groups is 1. The highest BCUT2D eigenvalue weighted by atomic mass is 32.2. The number of nitro groups is 2. The number of benzene rings is 2. The number of ether oxygens (including phenoxy) is 1. The molecule has 0 N–H and O–H groups in total. The second-order valence-electron chi connectivity index (χ2n) is 5.58. The fourth-order valence-corrected chi connectivity index (χ4v) is 3.17. The molecule has 1 aliphatic heterocycles. The Morgan fingerprint density at radius 1 is 1.07 bits per heavy atom. The predicted molar refractivity (Wildman–Crippen MR) is 100 cm³/mol. The molecule has 142 valence electrons. The summed E-state index contributed by atoms with van der Waals surface area (Å²) in [5.74, 6) is -0.365. The zero-order valence-corrected chi connectivity index (χ0v) is 15.0. The minimum atomic E-state index is -0.774. The molecule has 10 nitrogen and oxygen atoms in total. The molecule has 3 rings (SSSR count). The fraction of sp³-hybridized carbons (Fsp3) is 0.0588. The van der Waals surface area contributed by atoms with Gasteiger partial charge in [0.25, 0.3) is 16.8 Å². The minimum absolute atomic E-state index is 0.165. The number of thioether (sulfide) groups is 1. The monoisotopic (exact) mass is 401 g/mol. The van der Waals surface area contributed by atoms with E-state index >= 15 is 0 Å². The first-order chi connectivity index (χ1) is 13.3. The highest BCUT2D eigenvalue weighted by Gasteiger charge is 2.31. The van der Waals surface area contributed by atoms with Crippen molar-refractivity contribution in [2.75, 3.05) is 7.05 Å². The van der Waals surface area contributed by atoms with Crippen molar-refractivity contribution in [2.45, 2.75) is 0 Å². The maximum Gasteiger partial charge on any atom is 0.318 e. The van der Waals surface area contributed by atoms with E-state index in [1.54, 1.807) is 12.1 Å². The van der Waals surface area contributed by atoms with Crippen LogP contribution in [0.1, 0.15) is 5.56 Å². The van der Waals surface area contributed by atoms with Crippen molar-refractivity contribution < 1.29 is 24.2 Å². The highest BCUT2D eigenvalue weighted by Crippen LogP contribution is 2.35. The second kappa shape index (κ2) is 7.48. The van der Waals surface area contributed by atoms with Crippen molar-refractivity contribution in [3.05, 3.63) is 73.2 Å². The molecule has 1 aliphatic rings. The third-order valence-corrected chi connectivity index (χ3v) is 4.68. The van der Waals surface area contributed by atoms with Gasteiger partial charge in [-0.05, 0) is 41.6 Å². The van der Waals surface area contributed by atoms with Crippen LogP contribution < -0.4 is 4.74 Å². The molecule has 0 unspecified atom stereocenters. The predicted octanol–water partition coefficient (Wildman–Crippen LogP) is 3.96. The summed E-state index contributed by atoms with van der Waals surface area (Å²) in [6.45, 7) is 0. The molecule has 1 fully saturated rings. The lowest BCUT2D eigenvalue weighted by Crippen LogP contribution is -2.22. The zero-order chi connectivity index (χ0) is 20.4. The van der Waals surface area contributed by atoms with Crippen molar-refractivity contribution in [1.29, 1.82) is 0 Å². The van der Waals surface area contributed by atoms with Gasteiger partial charge in [-0.25, -0.2) is 0 Å². The molecule has 0 spiro atoms. The van der Waals surface area contributed by atoms with Crippen LogP contribution in [-0.2, 0) is 4.79 Å². The Morgan fingerprint density at radius 3 is 2.43 bits per heavy atom. The lowest BCUT2D eigenvalue weighted by Gasteiger charge is -2.07. The molecule has 1 heterocycles. The number of rotatable bonds is 5. The number of nitro benzene ring substituents is 2. The molecule has 28 heavy (non-hydrogen) atoms. The van der Waals surface area contributed by atoms with Crippen LogP contribution in [0.5, 0.6) is 11.5 Å². The summed E-state index contributed by atoms with van der Waals surface area (Å²) >= 11 is 0.802. The molecular formula is C17H11N3O7S. The van der Waals surface area contributed by atoms with Gasteiger partial charge in [-0.1, -0.05) is 12.1 Å². The van der Waals surface area contributed by atoms with Gasteiger partial charge in [0.2, 0.25) is 5.75 Å². The molecule has 2 amide bonds. The van der Waals surface area contributed by atoms with Crippen LogP contribution in [0, 0.1) is 20.2 Å². The molecule has 0 bridgehead atoms. The van der Waals surface area contributed by atoms with E-state index in [1.165, 1.54) is 25.3 Å². The topological polar surface area (TPSA) is 133 Å². The Kier molecular flexibility index (Phi) is 5.09. The van der Waals surface area contributed by atoms with Gasteiger partial charge in [0.1, 0.15) is 5.75 Å². The summed E-state index contributed by atoms with van der Waals surface area (Å²) in [6.07, 6.45) is 1.51. The van der Waals surface area contributed by atoms with Crippen molar-refractivity contribution in [3.8, 4) is 11.5 Å². The molecule has 2 aromatic carbocycles. The van der Waals surface area contributed by atoms with Crippen LogP contribution in [-0.4, -0.2) is 32.9 Å². The van der Waals surface area contributed by atoms with Crippen LogP contribution >= 0.6 is 11.8 Å². The summed E-state index contributed by atoms with van der Waals surface area (Å²) in [6, 6.07) is 9.39. The van der Waals surface area contributed by atoms with Crippen molar-refractivity contribution in [3.63, 3.8) is 0 Å². The van der Waals surface area contributed by atoms with Gasteiger partial charge >= 0.3 is 5.69 Å². The van der Waals surface area contributed by atoms with E-state index in [0.717, 1.165) is 34.9 Å². The van der Waals surface area contributed by atoms with Crippen LogP contribution in [0.3, 0.4) is 0 Å². The first kappa shape index (κ1) is 19.0. The van der Waals surface area contributed by atoms with Crippen molar-refractivity contribution in [2.24, 2.45) is 0 Å². The molecular weight excluding hydrogens is 390 g/mol. The SMILES string of the molecule is CN1C(=O)S/C(=C/c2cccc(Oc3ccc([N+](=O)[O-])cc3[N+](=O)[O-])c2)C1=O. The summed E-state index contributed by atoms with van der Waals surface area (Å²) in [4.78, 5) is 45.2. The molecule has 0 atom stereocenters. The number of non-ortho nitro benzene ring substituents is 1. The number of hydrogen-bond donors (Lipinski definition) is 0. The van der Waals surface area contributed by atoms with Crippen LogP contribution in [0.4, 0.5) is 16.2 Å². The van der Waals surface area contributed by atoms with Gasteiger partial charge in [0, 0.05) is 13.1 Å². The quantitative estimate of drug-likeness (QED) is 0.417. The van der Waals surface area contributed by atoms with E-state index in [0.29, 0.717) is 5.56 Å². The average Bonchev–Trinajstić information content (AvgIpc) is 2.89. The van der Waals surface area contributed by atoms with E-state index in [4.69, 9.17) is 4.74 Å². The van der Waals surface area contributed by atoms with Crippen LogP contribution in [0.25, 0.3) is 6.08 Å². The minimum Gasteiger partial charge on any atom is -0.450 e. The smallest absolute Gasteiger partial charge is 0.318 e. The van der Waals surface area contributed by atoms with Gasteiger partial charge in [-0.3, -0.25) is 34.7 Å². The lowest BCUT2D eigenvalue weighted by molar-refractivity contribution is -0.394. The Morgan fingerprint density at radius 2 is 1.82 bits per heavy atom. The number of carbonyl (C=O) groups excluding carboxylic acids is 2. The van der Waals surface area contributed by atoms with Gasteiger partial charge in [-0.2, -0.15) is 0 Å². The molecule has 0 aliphatic carbocycles. The molecule has 1 saturated heterocycles. The number of amides is 2. The first-order valence-electron chi connectivity index (χ1n) is 7.68. The van der Waals surface area contributed by atoms with Crippen molar-refractivity contribution in [1.82, 2.24) is 4.90 Å². The number of nitrogens with zero attached hydrogens (tertiary/aromatic N) is 3. The van der Waals surface area contributed by atoms with Gasteiger partial charge in [-0.15, -0.1) is 0 Å². The number of carbonyl (C=O) groups is 2. The van der Waals surface area contributed by atoms with Gasteiger partial charge < -0.3 is 4.74 Å². The Hall–Kier alpha value is -3.73. The zero-order valence-electron chi connectivity index (χ0n) is 14.2. The summed E-state index contributed by atoms with van der Waals surface area (Å²) in [5.41, 5.74) is -0.434. The summed E-state index contributed by atoms with van der Waals surface area (Å²) < 4.78 is 5.52. The average molecular weight is 401 g/mol. The Bertz CT molecular complexity index is 1050. The summed E-state index contributed by atoms with van der Waals surface area (Å²) in [7, 11) is 1.38. The Balaban J connectivity index is 1.90. The third-order valence-electron chi connectivity index (χ3n) is 3.72. The van der Waals surface area contributed by atoms with Crippen molar-refractivity contribution >= 4 is 40.4 Å². The van der Waals surface area contributed by atoms with Gasteiger partial charge in [0.15, 0.2) is 0 Å².